The molecule has 6 heteroatoms. The van der Waals surface area contributed by atoms with E-state index < -0.39 is 17.7 Å². The molecular weight excluding hydrogens is 252 g/mol. The molecule has 1 N–H and O–H groups in total. The van der Waals surface area contributed by atoms with E-state index in [-0.39, 0.29) is 12.0 Å². The molecule has 0 aliphatic carbocycles. The third kappa shape index (κ3) is 2.63. The van der Waals surface area contributed by atoms with Gasteiger partial charge in [0, 0.05) is 13.0 Å². The molecule has 0 aliphatic heterocycles. The van der Waals surface area contributed by atoms with Crippen molar-refractivity contribution < 1.29 is 13.9 Å². The van der Waals surface area contributed by atoms with E-state index in [1.807, 2.05) is 6.92 Å². The third-order valence-corrected chi connectivity index (χ3v) is 3.02. The van der Waals surface area contributed by atoms with Crippen LogP contribution in [0.5, 0.6) is 0 Å². The Morgan fingerprint density at radius 2 is 2.11 bits per heavy atom. The predicted octanol–water partition coefficient (Wildman–Crippen LogP) is 2.16. The van der Waals surface area contributed by atoms with Gasteiger partial charge in [0.05, 0.1) is 11.7 Å². The summed E-state index contributed by atoms with van der Waals surface area (Å²) in [5.74, 6) is -0.969. The number of hydrogen-bond acceptors (Lipinski definition) is 3. The lowest BCUT2D eigenvalue weighted by molar-refractivity contribution is 0.164. The summed E-state index contributed by atoms with van der Waals surface area (Å²) in [4.78, 5) is 3.98. The zero-order chi connectivity index (χ0) is 14.0. The number of benzene rings is 1. The molecule has 0 spiro atoms. The van der Waals surface area contributed by atoms with Gasteiger partial charge in [-0.3, -0.25) is 4.68 Å². The lowest BCUT2D eigenvalue weighted by Gasteiger charge is -2.14. The van der Waals surface area contributed by atoms with E-state index in [0.717, 1.165) is 6.07 Å². The second kappa shape index (κ2) is 5.44. The molecule has 1 aromatic carbocycles. The van der Waals surface area contributed by atoms with Gasteiger partial charge in [0.2, 0.25) is 0 Å². The van der Waals surface area contributed by atoms with Crippen LogP contribution >= 0.6 is 0 Å². The fraction of sp³-hybridized carbons (Fsp3) is 0.385. The van der Waals surface area contributed by atoms with Crippen molar-refractivity contribution >= 4 is 0 Å². The molecule has 4 nitrogen and oxygen atoms in total. The number of halogens is 2. The minimum Gasteiger partial charge on any atom is -0.388 e. The fourth-order valence-electron chi connectivity index (χ4n) is 1.97. The van der Waals surface area contributed by atoms with Crippen LogP contribution in [0.4, 0.5) is 8.78 Å². The first-order valence-electron chi connectivity index (χ1n) is 6.03. The van der Waals surface area contributed by atoms with Gasteiger partial charge >= 0.3 is 0 Å². The predicted molar refractivity (Wildman–Crippen MR) is 65.5 cm³/mol. The summed E-state index contributed by atoms with van der Waals surface area (Å²) < 4.78 is 29.1. The Labute approximate surface area is 109 Å². The number of aliphatic hydroxyl groups is 1. The average molecular weight is 267 g/mol. The van der Waals surface area contributed by atoms with Crippen LogP contribution in [0.2, 0.25) is 0 Å². The quantitative estimate of drug-likeness (QED) is 0.923. The van der Waals surface area contributed by atoms with Crippen LogP contribution in [0.25, 0.3) is 0 Å². The van der Waals surface area contributed by atoms with Gasteiger partial charge in [-0.25, -0.2) is 13.8 Å². The van der Waals surface area contributed by atoms with Crippen molar-refractivity contribution in [3.63, 3.8) is 0 Å². The minimum absolute atomic E-state index is 0.0190. The van der Waals surface area contributed by atoms with Gasteiger partial charge < -0.3 is 5.11 Å². The molecule has 0 bridgehead atoms. The number of aromatic nitrogens is 3. The monoisotopic (exact) mass is 267 g/mol. The van der Waals surface area contributed by atoms with Gasteiger partial charge in [0.15, 0.2) is 0 Å². The summed E-state index contributed by atoms with van der Waals surface area (Å²) in [7, 11) is 0. The van der Waals surface area contributed by atoms with E-state index in [4.69, 9.17) is 0 Å². The van der Waals surface area contributed by atoms with E-state index in [9.17, 15) is 13.9 Å². The zero-order valence-corrected chi connectivity index (χ0v) is 10.8. The summed E-state index contributed by atoms with van der Waals surface area (Å²) >= 11 is 0. The molecule has 19 heavy (non-hydrogen) atoms. The molecular formula is C13H15F2N3O. The average Bonchev–Trinajstić information content (AvgIpc) is 2.81. The Bertz CT molecular complexity index is 583. The highest BCUT2D eigenvalue weighted by atomic mass is 19.1. The molecule has 1 heterocycles. The summed E-state index contributed by atoms with van der Waals surface area (Å²) in [6, 6.07) is 2.50. The Balaban J connectivity index is 2.30. The van der Waals surface area contributed by atoms with Crippen molar-refractivity contribution in [3.8, 4) is 0 Å². The van der Waals surface area contributed by atoms with E-state index in [1.165, 1.54) is 19.3 Å². The summed E-state index contributed by atoms with van der Waals surface area (Å²) in [5, 5.41) is 14.0. The summed E-state index contributed by atoms with van der Waals surface area (Å²) in [6.45, 7) is 3.98. The third-order valence-electron chi connectivity index (χ3n) is 3.02. The Morgan fingerprint density at radius 3 is 2.79 bits per heavy atom. The van der Waals surface area contributed by atoms with E-state index >= 15 is 0 Å². The lowest BCUT2D eigenvalue weighted by Crippen LogP contribution is -2.12. The molecule has 0 fully saturated rings. The van der Waals surface area contributed by atoms with Gasteiger partial charge in [-0.2, -0.15) is 5.10 Å². The Kier molecular flexibility index (Phi) is 3.90. The standard InChI is InChI=1S/C13H15F2N3O/c1-3-18-11(16-7-17-18)6-10(19)12-9(14)5-4-8(2)13(12)15/h4-5,7,10,19H,3,6H2,1-2H3. The molecule has 2 rings (SSSR count). The van der Waals surface area contributed by atoms with Crippen molar-refractivity contribution in [3.05, 3.63) is 47.0 Å². The first kappa shape index (κ1) is 13.6. The Hall–Kier alpha value is -1.82. The highest BCUT2D eigenvalue weighted by Gasteiger charge is 2.21. The fourth-order valence-corrected chi connectivity index (χ4v) is 1.97. The molecule has 1 aromatic heterocycles. The first-order valence-corrected chi connectivity index (χ1v) is 6.03. The largest absolute Gasteiger partial charge is 0.388 e. The maximum Gasteiger partial charge on any atom is 0.138 e. The molecule has 0 radical (unpaired) electrons. The van der Waals surface area contributed by atoms with Crippen molar-refractivity contribution in [1.82, 2.24) is 14.8 Å². The second-order valence-electron chi connectivity index (χ2n) is 4.30. The van der Waals surface area contributed by atoms with Crippen molar-refractivity contribution in [1.29, 1.82) is 0 Å². The van der Waals surface area contributed by atoms with Crippen LogP contribution in [0, 0.1) is 18.6 Å². The van der Waals surface area contributed by atoms with E-state index in [1.54, 1.807) is 4.68 Å². The zero-order valence-electron chi connectivity index (χ0n) is 10.8. The number of nitrogens with zero attached hydrogens (tertiary/aromatic N) is 3. The van der Waals surface area contributed by atoms with Crippen LogP contribution in [0.1, 0.15) is 30.0 Å². The number of hydrogen-bond donors (Lipinski definition) is 1. The van der Waals surface area contributed by atoms with Crippen molar-refractivity contribution in [2.24, 2.45) is 0 Å². The molecule has 0 saturated heterocycles. The molecule has 0 aliphatic rings. The van der Waals surface area contributed by atoms with Crippen LogP contribution in [0.3, 0.4) is 0 Å². The van der Waals surface area contributed by atoms with Gasteiger partial charge in [-0.15, -0.1) is 0 Å². The highest BCUT2D eigenvalue weighted by molar-refractivity contribution is 5.28. The first-order chi connectivity index (χ1) is 9.04. The number of rotatable bonds is 4. The lowest BCUT2D eigenvalue weighted by atomic mass is 10.0. The SMILES string of the molecule is CCn1ncnc1CC(O)c1c(F)ccc(C)c1F. The van der Waals surface area contributed by atoms with Gasteiger partial charge in [-0.05, 0) is 25.5 Å². The molecule has 0 amide bonds. The maximum absolute atomic E-state index is 13.9. The van der Waals surface area contributed by atoms with Gasteiger partial charge in [0.1, 0.15) is 23.8 Å². The highest BCUT2D eigenvalue weighted by Crippen LogP contribution is 2.25. The molecule has 1 atom stereocenters. The van der Waals surface area contributed by atoms with Crippen molar-refractivity contribution in [2.45, 2.75) is 32.9 Å². The summed E-state index contributed by atoms with van der Waals surface area (Å²) in [5.41, 5.74) is -0.0157. The molecule has 0 saturated carbocycles. The van der Waals surface area contributed by atoms with E-state index in [0.29, 0.717) is 17.9 Å². The Morgan fingerprint density at radius 1 is 1.37 bits per heavy atom. The minimum atomic E-state index is -1.28. The molecule has 2 aromatic rings. The molecule has 1 unspecified atom stereocenters. The van der Waals surface area contributed by atoms with Gasteiger partial charge in [-0.1, -0.05) is 6.07 Å². The maximum atomic E-state index is 13.9. The van der Waals surface area contributed by atoms with Crippen LogP contribution in [-0.4, -0.2) is 19.9 Å². The summed E-state index contributed by atoms with van der Waals surface area (Å²) in [6.07, 6.45) is 0.0917. The van der Waals surface area contributed by atoms with Crippen LogP contribution < -0.4 is 0 Å². The number of aryl methyl sites for hydroxylation is 2. The topological polar surface area (TPSA) is 50.9 Å². The van der Waals surface area contributed by atoms with Crippen LogP contribution in [0.15, 0.2) is 18.5 Å². The van der Waals surface area contributed by atoms with E-state index in [2.05, 4.69) is 10.1 Å². The number of aliphatic hydroxyl groups excluding tert-OH is 1. The van der Waals surface area contributed by atoms with Crippen LogP contribution in [-0.2, 0) is 13.0 Å². The van der Waals surface area contributed by atoms with Gasteiger partial charge in [0.25, 0.3) is 0 Å². The second-order valence-corrected chi connectivity index (χ2v) is 4.30. The smallest absolute Gasteiger partial charge is 0.138 e. The van der Waals surface area contributed by atoms with Crippen molar-refractivity contribution in [2.75, 3.05) is 0 Å². The molecule has 102 valence electrons. The normalized spacial score (nSPS) is 12.7.